The van der Waals surface area contributed by atoms with Crippen molar-refractivity contribution in [2.45, 2.75) is 0 Å². The van der Waals surface area contributed by atoms with E-state index in [0.717, 1.165) is 0 Å². The number of benzene rings is 1. The van der Waals surface area contributed by atoms with Gasteiger partial charge in [-0.15, -0.1) is 5.75 Å². The first kappa shape index (κ1) is 8.12. The zero-order valence-corrected chi connectivity index (χ0v) is 5.53. The maximum atomic E-state index is 10.5. The van der Waals surface area contributed by atoms with Gasteiger partial charge < -0.3 is 30.6 Å². The molecule has 66 valence electrons. The second-order valence-electron chi connectivity index (χ2n) is 2.01. The van der Waals surface area contributed by atoms with E-state index in [4.69, 9.17) is 10.2 Å². The molecule has 12 heavy (non-hydrogen) atoms. The van der Waals surface area contributed by atoms with Crippen molar-refractivity contribution < 1.29 is 30.6 Å². The van der Waals surface area contributed by atoms with Gasteiger partial charge in [0.25, 0.3) is 0 Å². The van der Waals surface area contributed by atoms with Crippen LogP contribution in [-0.2, 0) is 0 Å². The molecule has 0 saturated heterocycles. The lowest BCUT2D eigenvalue weighted by atomic mass is 10.2. The summed E-state index contributed by atoms with van der Waals surface area (Å²) in [6.45, 7) is 0. The first-order valence-corrected chi connectivity index (χ1v) is 2.76. The normalized spacial score (nSPS) is 10.0. The largest absolute Gasteiger partial charge is 0.873 e. The zero-order valence-electron chi connectivity index (χ0n) is 5.53. The minimum Gasteiger partial charge on any atom is -0.873 e. The van der Waals surface area contributed by atoms with E-state index in [0.29, 0.717) is 0 Å². The molecule has 2 N–H and O–H groups in total. The summed E-state index contributed by atoms with van der Waals surface area (Å²) in [7, 11) is 0. The Labute approximate surface area is 66.2 Å². The molecule has 0 unspecified atom stereocenters. The fourth-order valence-electron chi connectivity index (χ4n) is 0.637. The van der Waals surface area contributed by atoms with Gasteiger partial charge in [-0.05, 0) is 5.75 Å². The van der Waals surface area contributed by atoms with Gasteiger partial charge in [-0.25, -0.2) is 0 Å². The average Bonchev–Trinajstić information content (AvgIpc) is 2.08. The summed E-state index contributed by atoms with van der Waals surface area (Å²) in [4.78, 5) is 0. The molecule has 0 aliphatic rings. The molecule has 0 aromatic heterocycles. The molecule has 1 rings (SSSR count). The van der Waals surface area contributed by atoms with Gasteiger partial charge in [-0.3, -0.25) is 0 Å². The van der Waals surface area contributed by atoms with Gasteiger partial charge in [0, 0.05) is 0 Å². The molecule has 0 saturated carbocycles. The number of aromatic hydroxyl groups is 2. The number of phenolic OH excluding ortho intramolecular Hbond substituents is 2. The minimum atomic E-state index is -1.61. The van der Waals surface area contributed by atoms with Crippen LogP contribution >= 0.6 is 0 Å². The van der Waals surface area contributed by atoms with Gasteiger partial charge in [0.1, 0.15) is 11.5 Å². The summed E-state index contributed by atoms with van der Waals surface area (Å²) in [5, 5.41) is 59.1. The van der Waals surface area contributed by atoms with Crippen molar-refractivity contribution in [2.75, 3.05) is 0 Å². The van der Waals surface area contributed by atoms with Gasteiger partial charge in [-0.2, -0.15) is 0 Å². The fraction of sp³-hybridized carbons (Fsp3) is 0. The van der Waals surface area contributed by atoms with E-state index in [1.807, 2.05) is 0 Å². The van der Waals surface area contributed by atoms with Gasteiger partial charge in [0.2, 0.25) is 0 Å². The van der Waals surface area contributed by atoms with Crippen LogP contribution in [0.3, 0.4) is 0 Å². The average molecular weight is 170 g/mol. The molecular weight excluding hydrogens is 168 g/mol. The predicted molar refractivity (Wildman–Crippen MR) is 27.6 cm³/mol. The third-order valence-corrected chi connectivity index (χ3v) is 1.27. The van der Waals surface area contributed by atoms with E-state index in [1.54, 1.807) is 0 Å². The summed E-state index contributed by atoms with van der Waals surface area (Å²) in [5.74, 6) is -9.12. The van der Waals surface area contributed by atoms with Crippen LogP contribution < -0.4 is 20.4 Å². The summed E-state index contributed by atoms with van der Waals surface area (Å²) >= 11 is 0. The first-order valence-electron chi connectivity index (χ1n) is 2.76. The first-order chi connectivity index (χ1) is 5.46. The fourth-order valence-corrected chi connectivity index (χ4v) is 0.637. The number of hydrogen-bond donors (Lipinski definition) is 2. The number of phenols is 2. The second-order valence-corrected chi connectivity index (χ2v) is 2.01. The van der Waals surface area contributed by atoms with Crippen LogP contribution in [0.1, 0.15) is 0 Å². The van der Waals surface area contributed by atoms with Crippen LogP contribution in [0.15, 0.2) is 0 Å². The van der Waals surface area contributed by atoms with E-state index < -0.39 is 34.5 Å². The van der Waals surface area contributed by atoms with Crippen molar-refractivity contribution in [1.29, 1.82) is 0 Å². The molecule has 6 heteroatoms. The van der Waals surface area contributed by atoms with Crippen LogP contribution in [0, 0.1) is 0 Å². The Bertz CT molecular complexity index is 226. The van der Waals surface area contributed by atoms with Crippen LogP contribution in [0.4, 0.5) is 0 Å². The molecule has 0 spiro atoms. The van der Waals surface area contributed by atoms with Crippen LogP contribution in [0.5, 0.6) is 34.5 Å². The van der Waals surface area contributed by atoms with Gasteiger partial charge >= 0.3 is 0 Å². The number of rotatable bonds is 0. The summed E-state index contributed by atoms with van der Waals surface area (Å²) in [5.41, 5.74) is 0. The SMILES string of the molecule is [O-]c1c([O-])c(O)c([O-])c(O)c1[O-]. The van der Waals surface area contributed by atoms with E-state index in [9.17, 15) is 20.4 Å². The third kappa shape index (κ3) is 0.815. The molecule has 0 aliphatic carbocycles. The maximum Gasteiger partial charge on any atom is 0.102 e. The van der Waals surface area contributed by atoms with Crippen molar-refractivity contribution in [2.24, 2.45) is 0 Å². The van der Waals surface area contributed by atoms with E-state index in [2.05, 4.69) is 0 Å². The molecule has 1 aromatic rings. The molecule has 0 amide bonds. The quantitative estimate of drug-likeness (QED) is 0.438. The molecule has 0 heterocycles. The Balaban J connectivity index is 3.60. The minimum absolute atomic E-state index is 1.42. The van der Waals surface area contributed by atoms with Crippen molar-refractivity contribution in [3.63, 3.8) is 0 Å². The molecule has 0 radical (unpaired) electrons. The van der Waals surface area contributed by atoms with Crippen molar-refractivity contribution >= 4 is 0 Å². The molecule has 6 nitrogen and oxygen atoms in total. The molecule has 1 aromatic carbocycles. The lowest BCUT2D eigenvalue weighted by molar-refractivity contribution is -0.346. The van der Waals surface area contributed by atoms with Crippen molar-refractivity contribution in [3.05, 3.63) is 0 Å². The van der Waals surface area contributed by atoms with Crippen LogP contribution in [0.2, 0.25) is 0 Å². The van der Waals surface area contributed by atoms with Gasteiger partial charge in [-0.1, -0.05) is 11.5 Å². The highest BCUT2D eigenvalue weighted by Crippen LogP contribution is 2.49. The molecular formula is C6H2O6-4. The van der Waals surface area contributed by atoms with E-state index in [1.165, 1.54) is 0 Å². The van der Waals surface area contributed by atoms with E-state index in [-0.39, 0.29) is 0 Å². The molecule has 0 bridgehead atoms. The Morgan fingerprint density at radius 1 is 0.583 bits per heavy atom. The second kappa shape index (κ2) is 2.26. The van der Waals surface area contributed by atoms with Crippen LogP contribution in [0.25, 0.3) is 0 Å². The Morgan fingerprint density at radius 3 is 1.25 bits per heavy atom. The lowest BCUT2D eigenvalue weighted by Crippen LogP contribution is -2.07. The van der Waals surface area contributed by atoms with Crippen LogP contribution in [-0.4, -0.2) is 10.2 Å². The number of hydrogen-bond acceptors (Lipinski definition) is 6. The molecule has 0 aliphatic heterocycles. The highest BCUT2D eigenvalue weighted by Gasteiger charge is 2.00. The maximum absolute atomic E-state index is 10.5. The molecule has 0 fully saturated rings. The highest BCUT2D eigenvalue weighted by atomic mass is 16.4. The molecule has 0 atom stereocenters. The van der Waals surface area contributed by atoms with Crippen molar-refractivity contribution in [3.8, 4) is 34.5 Å². The predicted octanol–water partition coefficient (Wildman–Crippen LogP) is -2.61. The highest BCUT2D eigenvalue weighted by molar-refractivity contribution is 5.68. The Morgan fingerprint density at radius 2 is 0.917 bits per heavy atom. The topological polar surface area (TPSA) is 133 Å². The Hall–Kier alpha value is -1.98. The van der Waals surface area contributed by atoms with Crippen molar-refractivity contribution in [1.82, 2.24) is 0 Å². The lowest BCUT2D eigenvalue weighted by Gasteiger charge is -2.31. The monoisotopic (exact) mass is 170 g/mol. The zero-order chi connectivity index (χ0) is 9.46. The van der Waals surface area contributed by atoms with Gasteiger partial charge in [0.15, 0.2) is 0 Å². The summed E-state index contributed by atoms with van der Waals surface area (Å²) < 4.78 is 0. The smallest absolute Gasteiger partial charge is 0.102 e. The summed E-state index contributed by atoms with van der Waals surface area (Å²) in [6, 6.07) is 0. The Kier molecular flexibility index (Phi) is 1.53. The third-order valence-electron chi connectivity index (χ3n) is 1.27. The van der Waals surface area contributed by atoms with Gasteiger partial charge in [0.05, 0.1) is 0 Å². The summed E-state index contributed by atoms with van der Waals surface area (Å²) in [6.07, 6.45) is 0. The standard InChI is InChI=1S/C6H6O6/c7-1-2(8)4(10)6(12)5(11)3(1)9/h7-12H/p-4. The van der Waals surface area contributed by atoms with E-state index >= 15 is 0 Å².